The van der Waals surface area contributed by atoms with Gasteiger partial charge in [0.15, 0.2) is 10.9 Å². The zero-order chi connectivity index (χ0) is 29.1. The van der Waals surface area contributed by atoms with Crippen molar-refractivity contribution in [2.45, 2.75) is 0 Å². The Bertz CT molecular complexity index is 1350. The van der Waals surface area contributed by atoms with Crippen molar-refractivity contribution in [1.82, 2.24) is 15.8 Å². The Hall–Kier alpha value is -3.97. The molecule has 0 radical (unpaired) electrons. The van der Waals surface area contributed by atoms with Crippen LogP contribution in [-0.4, -0.2) is 55.8 Å². The highest BCUT2D eigenvalue weighted by atomic mass is 35.5. The van der Waals surface area contributed by atoms with E-state index in [4.69, 9.17) is 61.2 Å². The molecule has 0 aliphatic rings. The number of hydrogen-bond donors (Lipinski definition) is 5. The molecule has 0 atom stereocenters. The van der Waals surface area contributed by atoms with Gasteiger partial charge in [-0.05, 0) is 42.5 Å². The van der Waals surface area contributed by atoms with Crippen LogP contribution in [0.1, 0.15) is 5.56 Å². The molecule has 14 heteroatoms. The van der Waals surface area contributed by atoms with Gasteiger partial charge in [-0.3, -0.25) is 4.79 Å². The minimum Gasteiger partial charge on any atom is -0.497 e. The third kappa shape index (κ3) is 9.35. The molecule has 0 aromatic heterocycles. The van der Waals surface area contributed by atoms with Crippen molar-refractivity contribution in [3.05, 3.63) is 76.3 Å². The summed E-state index contributed by atoms with van der Waals surface area (Å²) in [6.45, 7) is 0.416. The summed E-state index contributed by atoms with van der Waals surface area (Å²) in [6, 6.07) is 17.1. The summed E-state index contributed by atoms with van der Waals surface area (Å²) in [5.41, 5.74) is 7.31. The van der Waals surface area contributed by atoms with E-state index in [1.54, 1.807) is 74.9 Å². The van der Waals surface area contributed by atoms with Gasteiger partial charge in [0.25, 0.3) is 0 Å². The number of halogens is 2. The molecule has 40 heavy (non-hydrogen) atoms. The number of nitrogens with one attached hydrogen (secondary N) is 3. The van der Waals surface area contributed by atoms with Crippen LogP contribution in [-0.2, 0) is 4.79 Å². The summed E-state index contributed by atoms with van der Waals surface area (Å²) in [4.78, 5) is 12.3. The van der Waals surface area contributed by atoms with Gasteiger partial charge in [-0.25, -0.2) is 11.0 Å². The summed E-state index contributed by atoms with van der Waals surface area (Å²) < 4.78 is 16.4. The molecule has 3 rings (SSSR count). The number of anilines is 1. The van der Waals surface area contributed by atoms with Crippen molar-refractivity contribution >= 4 is 58.0 Å². The van der Waals surface area contributed by atoms with E-state index in [2.05, 4.69) is 21.1 Å². The number of amidine groups is 1. The molecule has 0 spiro atoms. The van der Waals surface area contributed by atoms with Gasteiger partial charge in [-0.15, -0.1) is 5.10 Å². The fraction of sp³-hybridized carbons (Fsp3) is 0.192. The fourth-order valence-electron chi connectivity index (χ4n) is 3.31. The molecule has 1 amide bonds. The predicted octanol–water partition coefficient (Wildman–Crippen LogP) is 3.70. The van der Waals surface area contributed by atoms with E-state index >= 15 is 0 Å². The number of nitrogens with zero attached hydrogens (tertiary/aromatic N) is 2. The maximum atomic E-state index is 12.3. The van der Waals surface area contributed by atoms with E-state index in [1.165, 1.54) is 0 Å². The zero-order valence-corrected chi connectivity index (χ0v) is 24.1. The van der Waals surface area contributed by atoms with Crippen LogP contribution in [0, 0.1) is 0 Å². The highest BCUT2D eigenvalue weighted by Crippen LogP contribution is 2.33. The van der Waals surface area contributed by atoms with Crippen LogP contribution in [0.15, 0.2) is 65.8 Å². The Morgan fingerprint density at radius 3 is 2.33 bits per heavy atom. The number of para-hydroxylation sites is 1. The number of hydrazone groups is 1. The van der Waals surface area contributed by atoms with Crippen LogP contribution in [0.4, 0.5) is 5.69 Å². The lowest BCUT2D eigenvalue weighted by Gasteiger charge is -2.16. The first-order valence-electron chi connectivity index (χ1n) is 11.8. The van der Waals surface area contributed by atoms with E-state index in [-0.39, 0.29) is 24.8 Å². The molecule has 0 saturated heterocycles. The molecule has 7 N–H and O–H groups in total. The Labute approximate surface area is 247 Å². The van der Waals surface area contributed by atoms with Crippen molar-refractivity contribution in [3.8, 4) is 23.0 Å². The number of ether oxygens (including phenoxy) is 3. The van der Waals surface area contributed by atoms with Crippen molar-refractivity contribution in [2.75, 3.05) is 39.2 Å². The van der Waals surface area contributed by atoms with E-state index in [0.29, 0.717) is 56.0 Å². The smallest absolute Gasteiger partial charge is 0.243 e. The Kier molecular flexibility index (Phi) is 11.5. The predicted molar refractivity (Wildman–Crippen MR) is 161 cm³/mol. The number of rotatable bonds is 12. The lowest BCUT2D eigenvalue weighted by Crippen LogP contribution is -2.42. The third-order valence-corrected chi connectivity index (χ3v) is 5.94. The molecule has 11 nitrogen and oxygen atoms in total. The Morgan fingerprint density at radius 2 is 1.65 bits per heavy atom. The van der Waals surface area contributed by atoms with E-state index in [9.17, 15) is 4.79 Å². The first-order valence-corrected chi connectivity index (χ1v) is 13.0. The second kappa shape index (κ2) is 15.0. The maximum absolute atomic E-state index is 12.3. The largest absolute Gasteiger partial charge is 0.497 e. The Morgan fingerprint density at radius 1 is 0.975 bits per heavy atom. The second-order valence-corrected chi connectivity index (χ2v) is 9.34. The van der Waals surface area contributed by atoms with Crippen LogP contribution >= 0.6 is 35.4 Å². The normalized spacial score (nSPS) is 10.9. The molecule has 0 aliphatic carbocycles. The third-order valence-electron chi connectivity index (χ3n) is 5.16. The zero-order valence-electron chi connectivity index (χ0n) is 21.7. The van der Waals surface area contributed by atoms with Crippen LogP contribution in [0.5, 0.6) is 23.0 Å². The van der Waals surface area contributed by atoms with Gasteiger partial charge < -0.3 is 35.9 Å². The SMILES string of the molecule is COc1cc(NC(=S)NCCNC(=O)CN(N)/N=C(\N)c2ccccc2Oc2ccc(Cl)cc2Cl)cc(OC)c1. The summed E-state index contributed by atoms with van der Waals surface area (Å²) in [5, 5.41) is 15.0. The van der Waals surface area contributed by atoms with Crippen molar-refractivity contribution < 1.29 is 19.0 Å². The van der Waals surface area contributed by atoms with E-state index in [0.717, 1.165) is 5.12 Å². The molecule has 3 aromatic carbocycles. The van der Waals surface area contributed by atoms with Crippen molar-refractivity contribution in [1.29, 1.82) is 0 Å². The number of benzene rings is 3. The lowest BCUT2D eigenvalue weighted by atomic mass is 10.2. The van der Waals surface area contributed by atoms with Gasteiger partial charge in [-0.1, -0.05) is 35.3 Å². The van der Waals surface area contributed by atoms with Crippen LogP contribution in [0.2, 0.25) is 10.0 Å². The van der Waals surface area contributed by atoms with Gasteiger partial charge in [0.05, 0.1) is 24.8 Å². The number of thiocarbonyl (C=S) groups is 1. The average Bonchev–Trinajstić information content (AvgIpc) is 2.92. The number of carbonyl (C=O) groups is 1. The molecule has 212 valence electrons. The van der Waals surface area contributed by atoms with Gasteiger partial charge in [0.1, 0.15) is 29.5 Å². The minimum atomic E-state index is -0.366. The van der Waals surface area contributed by atoms with Crippen molar-refractivity contribution in [3.63, 3.8) is 0 Å². The number of hydrogen-bond acceptors (Lipinski definition) is 8. The van der Waals surface area contributed by atoms with Crippen LogP contribution in [0.25, 0.3) is 0 Å². The Balaban J connectivity index is 1.47. The molecule has 3 aromatic rings. The summed E-state index contributed by atoms with van der Waals surface area (Å²) >= 11 is 17.5. The van der Waals surface area contributed by atoms with Crippen molar-refractivity contribution in [2.24, 2.45) is 16.7 Å². The first kappa shape index (κ1) is 30.6. The monoisotopic (exact) mass is 605 g/mol. The molecular formula is C26H29Cl2N7O4S. The second-order valence-electron chi connectivity index (χ2n) is 8.09. The molecule has 0 aliphatic heterocycles. The van der Waals surface area contributed by atoms with Crippen LogP contribution < -0.4 is 41.7 Å². The number of carbonyl (C=O) groups excluding carboxylic acids is 1. The molecule has 0 fully saturated rings. The van der Waals surface area contributed by atoms with Gasteiger partial charge in [-0.2, -0.15) is 0 Å². The maximum Gasteiger partial charge on any atom is 0.243 e. The number of amides is 1. The molecule has 0 bridgehead atoms. The van der Waals surface area contributed by atoms with Gasteiger partial charge >= 0.3 is 0 Å². The number of nitrogens with two attached hydrogens (primary N) is 2. The van der Waals surface area contributed by atoms with Gasteiger partial charge in [0.2, 0.25) is 5.91 Å². The van der Waals surface area contributed by atoms with E-state index in [1.807, 2.05) is 0 Å². The van der Waals surface area contributed by atoms with Crippen LogP contribution in [0.3, 0.4) is 0 Å². The number of hydrazine groups is 1. The minimum absolute atomic E-state index is 0.0447. The van der Waals surface area contributed by atoms with Gasteiger partial charge in [0, 0.05) is 42.0 Å². The highest BCUT2D eigenvalue weighted by molar-refractivity contribution is 7.80. The average molecular weight is 607 g/mol. The molecule has 0 unspecified atom stereocenters. The first-order chi connectivity index (χ1) is 19.2. The summed E-state index contributed by atoms with van der Waals surface area (Å²) in [7, 11) is 3.12. The molecule has 0 saturated carbocycles. The molecule has 0 heterocycles. The lowest BCUT2D eigenvalue weighted by molar-refractivity contribution is -0.122. The fourth-order valence-corrected chi connectivity index (χ4v) is 3.97. The number of methoxy groups -OCH3 is 2. The quantitative estimate of drug-likeness (QED) is 0.0516. The standard InChI is InChI=1S/C26H29Cl2N7O4S/c1-37-18-12-17(13-19(14-18)38-2)33-26(40)32-10-9-31-24(36)15-35(30)34-25(29)20-5-3-4-6-22(20)39-23-8-7-16(27)11-21(23)28/h3-8,11-14H,9-10,15,30H2,1-2H3,(H2,29,34)(H,31,36)(H2,32,33,40). The van der Waals surface area contributed by atoms with E-state index < -0.39 is 0 Å². The topological polar surface area (TPSA) is 148 Å². The summed E-state index contributed by atoms with van der Waals surface area (Å²) in [6.07, 6.45) is 0. The summed E-state index contributed by atoms with van der Waals surface area (Å²) in [5.74, 6) is 7.61. The highest BCUT2D eigenvalue weighted by Gasteiger charge is 2.13. The molecular weight excluding hydrogens is 577 g/mol.